The fourth-order valence-corrected chi connectivity index (χ4v) is 1.76. The third kappa shape index (κ3) is 2.96. The van der Waals surface area contributed by atoms with Gasteiger partial charge < -0.3 is 10.2 Å². The molecule has 0 radical (unpaired) electrons. The Morgan fingerprint density at radius 3 is 2.00 bits per heavy atom. The van der Waals surface area contributed by atoms with Crippen molar-refractivity contribution in [3.8, 4) is 0 Å². The van der Waals surface area contributed by atoms with Crippen molar-refractivity contribution in [3.05, 3.63) is 34.4 Å². The van der Waals surface area contributed by atoms with E-state index in [1.165, 1.54) is 0 Å². The predicted molar refractivity (Wildman–Crippen MR) is 63.1 cm³/mol. The molecule has 0 bridgehead atoms. The smallest absolute Gasteiger partial charge is 0.349 e. The van der Waals surface area contributed by atoms with E-state index in [1.807, 2.05) is 0 Å². The van der Waals surface area contributed by atoms with Gasteiger partial charge >= 0.3 is 11.9 Å². The van der Waals surface area contributed by atoms with Crippen LogP contribution in [0.5, 0.6) is 0 Å². The van der Waals surface area contributed by atoms with Crippen molar-refractivity contribution >= 4 is 36.4 Å². The highest BCUT2D eigenvalue weighted by Crippen LogP contribution is 2.26. The average Bonchev–Trinajstić information content (AvgIpc) is 2.27. The molecule has 0 aliphatic heterocycles. The normalized spacial score (nSPS) is 11.4. The summed E-state index contributed by atoms with van der Waals surface area (Å²) in [5, 5.41) is 17.5. The van der Waals surface area contributed by atoms with Crippen LogP contribution >= 0.6 is 24.5 Å². The number of hydrogen-bond acceptors (Lipinski definition) is 4. The molecule has 0 aliphatic rings. The first-order chi connectivity index (χ1) is 8.74. The van der Waals surface area contributed by atoms with Crippen LogP contribution in [-0.4, -0.2) is 27.8 Å². The molecular formula is C10H7ClF2O5S. The molecule has 0 aromatic heterocycles. The van der Waals surface area contributed by atoms with E-state index in [9.17, 15) is 18.4 Å². The number of carboxylic acid groups (broad SMARTS) is 2. The molecule has 0 saturated heterocycles. The molecule has 0 atom stereocenters. The maximum absolute atomic E-state index is 13.5. The lowest BCUT2D eigenvalue weighted by Crippen LogP contribution is -2.49. The number of carbonyl (C=O) groups is 2. The Morgan fingerprint density at radius 2 is 1.68 bits per heavy atom. The van der Waals surface area contributed by atoms with Crippen molar-refractivity contribution in [1.29, 1.82) is 0 Å². The van der Waals surface area contributed by atoms with E-state index in [0.29, 0.717) is 0 Å². The molecule has 0 amide bonds. The highest BCUT2D eigenvalue weighted by atomic mass is 35.5. The Bertz CT molecular complexity index is 500. The number of aliphatic carboxylic acids is 2. The third-order valence-electron chi connectivity index (χ3n) is 2.38. The summed E-state index contributed by atoms with van der Waals surface area (Å²) in [4.78, 5) is 21.9. The van der Waals surface area contributed by atoms with Gasteiger partial charge in [-0.2, -0.15) is 0 Å². The fraction of sp³-hybridized carbons (Fsp3) is 0.200. The first-order valence-electron chi connectivity index (χ1n) is 4.67. The molecule has 5 nitrogen and oxygen atoms in total. The zero-order valence-corrected chi connectivity index (χ0v) is 10.7. The Balaban J connectivity index is 3.33. The van der Waals surface area contributed by atoms with Crippen molar-refractivity contribution in [1.82, 2.24) is 0 Å². The molecular weight excluding hydrogens is 306 g/mol. The van der Waals surface area contributed by atoms with E-state index >= 15 is 0 Å². The van der Waals surface area contributed by atoms with Gasteiger partial charge in [0.2, 0.25) is 0 Å². The van der Waals surface area contributed by atoms with Gasteiger partial charge in [0.05, 0.1) is 0 Å². The summed E-state index contributed by atoms with van der Waals surface area (Å²) in [6.07, 6.45) is -1.09. The topological polar surface area (TPSA) is 83.8 Å². The Labute approximate surface area is 116 Å². The molecule has 0 unspecified atom stereocenters. The van der Waals surface area contributed by atoms with Gasteiger partial charge in [-0.15, -0.1) is 0 Å². The number of hydrogen-bond donors (Lipinski definition) is 3. The van der Waals surface area contributed by atoms with Gasteiger partial charge in [0.1, 0.15) is 11.6 Å². The first-order valence-corrected chi connectivity index (χ1v) is 5.41. The van der Waals surface area contributed by atoms with Crippen molar-refractivity contribution in [2.24, 2.45) is 0 Å². The molecule has 0 saturated carbocycles. The van der Waals surface area contributed by atoms with Crippen LogP contribution in [0, 0.1) is 11.6 Å². The molecule has 0 fully saturated rings. The molecule has 19 heavy (non-hydrogen) atoms. The maximum Gasteiger partial charge on any atom is 0.349 e. The van der Waals surface area contributed by atoms with E-state index in [2.05, 4.69) is 17.1 Å². The summed E-state index contributed by atoms with van der Waals surface area (Å²) in [5.74, 6) is -6.24. The summed E-state index contributed by atoms with van der Waals surface area (Å²) in [7, 11) is 0. The van der Waals surface area contributed by atoms with E-state index in [-0.39, 0.29) is 5.02 Å². The van der Waals surface area contributed by atoms with Crippen molar-refractivity contribution < 1.29 is 32.8 Å². The largest absolute Gasteiger partial charge is 0.479 e. The molecule has 1 aromatic rings. The lowest BCUT2D eigenvalue weighted by atomic mass is 9.94. The third-order valence-corrected chi connectivity index (χ3v) is 2.91. The van der Waals surface area contributed by atoms with Crippen LogP contribution in [0.3, 0.4) is 0 Å². The van der Waals surface area contributed by atoms with Crippen LogP contribution in [0.1, 0.15) is 5.56 Å². The molecule has 0 spiro atoms. The number of rotatable bonds is 5. The van der Waals surface area contributed by atoms with Crippen LogP contribution in [0.2, 0.25) is 5.02 Å². The molecule has 2 N–H and O–H groups in total. The SMILES string of the molecule is O=C(O)C(Cc1c(F)cc(Cl)cc1F)(OS)C(=O)O. The zero-order chi connectivity index (χ0) is 14.8. The number of benzene rings is 1. The monoisotopic (exact) mass is 312 g/mol. The number of thiol groups is 1. The number of carboxylic acids is 2. The predicted octanol–water partition coefficient (Wildman–Crippen LogP) is 1.93. The lowest BCUT2D eigenvalue weighted by molar-refractivity contribution is -0.170. The van der Waals surface area contributed by atoms with Gasteiger partial charge in [-0.3, -0.25) is 4.18 Å². The van der Waals surface area contributed by atoms with Crippen molar-refractivity contribution in [2.45, 2.75) is 12.0 Å². The van der Waals surface area contributed by atoms with Crippen molar-refractivity contribution in [3.63, 3.8) is 0 Å². The second-order valence-electron chi connectivity index (χ2n) is 3.55. The average molecular weight is 313 g/mol. The number of halogens is 3. The summed E-state index contributed by atoms with van der Waals surface area (Å²) in [5.41, 5.74) is -3.68. The minimum Gasteiger partial charge on any atom is -0.479 e. The van der Waals surface area contributed by atoms with Gasteiger partial charge in [-0.1, -0.05) is 11.6 Å². The highest BCUT2D eigenvalue weighted by Gasteiger charge is 2.49. The fourth-order valence-electron chi connectivity index (χ4n) is 1.34. The molecule has 0 aliphatic carbocycles. The lowest BCUT2D eigenvalue weighted by Gasteiger charge is -2.22. The van der Waals surface area contributed by atoms with Crippen LogP contribution in [0.25, 0.3) is 0 Å². The molecule has 1 rings (SSSR count). The second kappa shape index (κ2) is 5.72. The quantitative estimate of drug-likeness (QED) is 0.439. The zero-order valence-electron chi connectivity index (χ0n) is 9.06. The first kappa shape index (κ1) is 15.7. The molecule has 0 heterocycles. The Kier molecular flexibility index (Phi) is 4.72. The molecule has 1 aromatic carbocycles. The van der Waals surface area contributed by atoms with Gasteiger partial charge in [-0.05, 0) is 25.0 Å². The van der Waals surface area contributed by atoms with Crippen LogP contribution < -0.4 is 0 Å². The molecule has 9 heteroatoms. The van der Waals surface area contributed by atoms with Crippen LogP contribution in [0.4, 0.5) is 8.78 Å². The van der Waals surface area contributed by atoms with Gasteiger partial charge in [0, 0.05) is 17.0 Å². The Hall–Kier alpha value is -1.38. The standard InChI is InChI=1S/C10H7ClF2O5S/c11-4-1-6(12)5(7(13)2-4)3-10(18-19,8(14)15)9(16)17/h1-2,19H,3H2,(H,14,15)(H,16,17). The molecule has 104 valence electrons. The highest BCUT2D eigenvalue weighted by molar-refractivity contribution is 7.75. The maximum atomic E-state index is 13.5. The van der Waals surface area contributed by atoms with Crippen molar-refractivity contribution in [2.75, 3.05) is 0 Å². The van der Waals surface area contributed by atoms with Gasteiger partial charge in [-0.25, -0.2) is 18.4 Å². The van der Waals surface area contributed by atoms with E-state index in [1.54, 1.807) is 0 Å². The van der Waals surface area contributed by atoms with E-state index in [4.69, 9.17) is 21.8 Å². The summed E-state index contributed by atoms with van der Waals surface area (Å²) in [6.45, 7) is 0. The van der Waals surface area contributed by atoms with E-state index in [0.717, 1.165) is 12.1 Å². The minimum atomic E-state index is -2.90. The minimum absolute atomic E-state index is 0.248. The second-order valence-corrected chi connectivity index (χ2v) is 4.17. The van der Waals surface area contributed by atoms with Gasteiger partial charge in [0.25, 0.3) is 5.60 Å². The summed E-state index contributed by atoms with van der Waals surface area (Å²) < 4.78 is 31.2. The summed E-state index contributed by atoms with van der Waals surface area (Å²) in [6, 6.07) is 1.46. The van der Waals surface area contributed by atoms with E-state index < -0.39 is 41.2 Å². The van der Waals surface area contributed by atoms with Gasteiger partial charge in [0.15, 0.2) is 0 Å². The summed E-state index contributed by atoms with van der Waals surface area (Å²) >= 11 is 8.56. The van der Waals surface area contributed by atoms with Crippen LogP contribution in [-0.2, 0) is 20.2 Å². The van der Waals surface area contributed by atoms with Crippen LogP contribution in [0.15, 0.2) is 12.1 Å². The Morgan fingerprint density at radius 1 is 1.26 bits per heavy atom.